The van der Waals surface area contributed by atoms with E-state index in [2.05, 4.69) is 42.4 Å². The number of phenolic OH excluding ortho intramolecular Hbond substituents is 1. The molecule has 10 heteroatoms. The number of hydrogen-bond donors (Lipinski definition) is 2. The molecule has 0 saturated carbocycles. The van der Waals surface area contributed by atoms with Crippen LogP contribution in [-0.4, -0.2) is 17.2 Å². The van der Waals surface area contributed by atoms with E-state index in [1.54, 1.807) is 0 Å². The van der Waals surface area contributed by atoms with E-state index in [9.17, 15) is 14.7 Å². The van der Waals surface area contributed by atoms with E-state index in [0.29, 0.717) is 14.0 Å². The lowest BCUT2D eigenvalue weighted by molar-refractivity contribution is 0.0955. The van der Waals surface area contributed by atoms with Crippen LogP contribution < -0.4 is 10.9 Å². The van der Waals surface area contributed by atoms with E-state index in [1.807, 2.05) is 0 Å². The third-order valence-corrected chi connectivity index (χ3v) is 5.18. The minimum absolute atomic E-state index is 0.0267. The third-order valence-electron chi connectivity index (χ3n) is 3.47. The van der Waals surface area contributed by atoms with Gasteiger partial charge in [0.15, 0.2) is 5.58 Å². The molecule has 27 heavy (non-hydrogen) atoms. The molecule has 138 valence electrons. The van der Waals surface area contributed by atoms with Crippen molar-refractivity contribution in [1.82, 2.24) is 5.43 Å². The van der Waals surface area contributed by atoms with Crippen LogP contribution in [0.25, 0.3) is 11.0 Å². The molecule has 0 fully saturated rings. The average molecular weight is 535 g/mol. The lowest BCUT2D eigenvalue weighted by Crippen LogP contribution is -2.18. The highest BCUT2D eigenvalue weighted by atomic mass is 79.9. The van der Waals surface area contributed by atoms with Crippen LogP contribution in [-0.2, 0) is 0 Å². The number of carbonyl (C=O) groups excluding carboxylic acids is 1. The van der Waals surface area contributed by atoms with Crippen LogP contribution >= 0.6 is 55.1 Å². The number of nitrogens with zero attached hydrogens (tertiary/aromatic N) is 1. The molecule has 0 radical (unpaired) electrons. The van der Waals surface area contributed by atoms with Gasteiger partial charge in [-0.2, -0.15) is 5.10 Å². The van der Waals surface area contributed by atoms with Gasteiger partial charge in [-0.25, -0.2) is 5.43 Å². The second kappa shape index (κ2) is 8.02. The standard InChI is InChI=1S/C17H8Br2Cl2N2O4/c18-11-1-7(2-12(19)15(11)25)17(26)23-22-5-8-6-27-16-10(14(8)24)3-9(20)4-13(16)21/h1-6,25H,(H,23,26)/b22-5-. The van der Waals surface area contributed by atoms with Crippen molar-refractivity contribution in [3.05, 3.63) is 70.9 Å². The molecule has 3 aromatic rings. The van der Waals surface area contributed by atoms with Crippen LogP contribution in [0.2, 0.25) is 10.0 Å². The highest BCUT2D eigenvalue weighted by Gasteiger charge is 2.12. The van der Waals surface area contributed by atoms with Crippen molar-refractivity contribution >= 4 is 78.2 Å². The van der Waals surface area contributed by atoms with E-state index in [-0.39, 0.29) is 32.9 Å². The topological polar surface area (TPSA) is 91.9 Å². The first-order chi connectivity index (χ1) is 12.8. The molecule has 0 atom stereocenters. The summed E-state index contributed by atoms with van der Waals surface area (Å²) in [5, 5.41) is 14.2. The Labute approximate surface area is 179 Å². The predicted molar refractivity (Wildman–Crippen MR) is 111 cm³/mol. The molecule has 0 saturated heterocycles. The second-order valence-corrected chi connectivity index (χ2v) is 7.82. The normalized spacial score (nSPS) is 11.3. The smallest absolute Gasteiger partial charge is 0.271 e. The Morgan fingerprint density at radius 3 is 2.52 bits per heavy atom. The minimum Gasteiger partial charge on any atom is -0.506 e. The number of phenols is 1. The molecule has 6 nitrogen and oxygen atoms in total. The van der Waals surface area contributed by atoms with E-state index >= 15 is 0 Å². The van der Waals surface area contributed by atoms with Crippen molar-refractivity contribution in [2.45, 2.75) is 0 Å². The zero-order chi connectivity index (χ0) is 19.7. The monoisotopic (exact) mass is 532 g/mol. The molecule has 2 N–H and O–H groups in total. The lowest BCUT2D eigenvalue weighted by atomic mass is 10.2. The van der Waals surface area contributed by atoms with E-state index in [4.69, 9.17) is 27.6 Å². The van der Waals surface area contributed by atoms with Gasteiger partial charge in [-0.1, -0.05) is 23.2 Å². The van der Waals surface area contributed by atoms with Gasteiger partial charge in [-0.15, -0.1) is 0 Å². The Morgan fingerprint density at radius 1 is 1.19 bits per heavy atom. The Morgan fingerprint density at radius 2 is 1.85 bits per heavy atom. The summed E-state index contributed by atoms with van der Waals surface area (Å²) in [7, 11) is 0. The maximum Gasteiger partial charge on any atom is 0.271 e. The number of hydrazone groups is 1. The van der Waals surface area contributed by atoms with Gasteiger partial charge in [-0.3, -0.25) is 9.59 Å². The molecule has 1 amide bonds. The number of rotatable bonds is 3. The largest absolute Gasteiger partial charge is 0.506 e. The fourth-order valence-electron chi connectivity index (χ4n) is 2.19. The van der Waals surface area contributed by atoms with E-state index in [1.165, 1.54) is 30.5 Å². The van der Waals surface area contributed by atoms with Crippen LogP contribution in [0.4, 0.5) is 0 Å². The highest BCUT2D eigenvalue weighted by Crippen LogP contribution is 2.33. The first kappa shape index (κ1) is 19.9. The fourth-order valence-corrected chi connectivity index (χ4v) is 3.92. The van der Waals surface area contributed by atoms with Crippen molar-refractivity contribution in [3.63, 3.8) is 0 Å². The molecule has 0 bridgehead atoms. The average Bonchev–Trinajstić information content (AvgIpc) is 2.61. The van der Waals surface area contributed by atoms with Crippen molar-refractivity contribution in [2.75, 3.05) is 0 Å². The molecule has 0 unspecified atom stereocenters. The molecular weight excluding hydrogens is 527 g/mol. The zero-order valence-electron chi connectivity index (χ0n) is 13.1. The molecule has 3 rings (SSSR count). The van der Waals surface area contributed by atoms with Gasteiger partial charge >= 0.3 is 0 Å². The number of nitrogens with one attached hydrogen (secondary N) is 1. The van der Waals surface area contributed by atoms with Crippen LogP contribution in [0.1, 0.15) is 15.9 Å². The summed E-state index contributed by atoms with van der Waals surface area (Å²) < 4.78 is 6.05. The zero-order valence-corrected chi connectivity index (χ0v) is 17.8. The predicted octanol–water partition coefficient (Wildman–Crippen LogP) is 5.09. The molecule has 0 spiro atoms. The number of amides is 1. The van der Waals surface area contributed by atoms with E-state index < -0.39 is 11.3 Å². The summed E-state index contributed by atoms with van der Waals surface area (Å²) in [6.07, 6.45) is 2.34. The van der Waals surface area contributed by atoms with Crippen molar-refractivity contribution < 1.29 is 14.3 Å². The summed E-state index contributed by atoms with van der Waals surface area (Å²) in [5.74, 6) is -0.565. The summed E-state index contributed by atoms with van der Waals surface area (Å²) in [6, 6.07) is 5.77. The maximum atomic E-state index is 12.5. The van der Waals surface area contributed by atoms with Crippen LogP contribution in [0.3, 0.4) is 0 Å². The summed E-state index contributed by atoms with van der Waals surface area (Å²) >= 11 is 18.2. The number of halogens is 4. The van der Waals surface area contributed by atoms with Gasteiger partial charge in [0.25, 0.3) is 5.91 Å². The highest BCUT2D eigenvalue weighted by molar-refractivity contribution is 9.11. The number of aromatic hydroxyl groups is 1. The first-order valence-electron chi connectivity index (χ1n) is 7.20. The van der Waals surface area contributed by atoms with E-state index in [0.717, 1.165) is 6.21 Å². The minimum atomic E-state index is -0.538. The third kappa shape index (κ3) is 4.19. The molecular formula is C17H8Br2Cl2N2O4. The Bertz CT molecular complexity index is 1140. The number of fused-ring (bicyclic) bond motifs is 1. The van der Waals surface area contributed by atoms with Gasteiger partial charge < -0.3 is 9.52 Å². The number of hydrogen-bond acceptors (Lipinski definition) is 5. The van der Waals surface area contributed by atoms with Crippen LogP contribution in [0.5, 0.6) is 5.75 Å². The van der Waals surface area contributed by atoms with Crippen molar-refractivity contribution in [3.8, 4) is 5.75 Å². The summed E-state index contributed by atoms with van der Waals surface area (Å²) in [4.78, 5) is 24.6. The van der Waals surface area contributed by atoms with Crippen LogP contribution in [0.15, 0.2) is 53.8 Å². The first-order valence-corrected chi connectivity index (χ1v) is 9.54. The van der Waals surface area contributed by atoms with Gasteiger partial charge in [0.05, 0.1) is 31.1 Å². The molecule has 1 heterocycles. The molecule has 2 aromatic carbocycles. The maximum absolute atomic E-state index is 12.5. The fraction of sp³-hybridized carbons (Fsp3) is 0. The van der Waals surface area contributed by atoms with Gasteiger partial charge in [-0.05, 0) is 56.1 Å². The molecule has 0 aliphatic heterocycles. The van der Waals surface area contributed by atoms with Gasteiger partial charge in [0, 0.05) is 10.6 Å². The molecule has 0 aliphatic rings. The molecule has 0 aliphatic carbocycles. The number of carbonyl (C=O) groups is 1. The lowest BCUT2D eigenvalue weighted by Gasteiger charge is -2.05. The van der Waals surface area contributed by atoms with Gasteiger partial charge in [0.1, 0.15) is 12.0 Å². The van der Waals surface area contributed by atoms with Crippen LogP contribution in [0, 0.1) is 0 Å². The van der Waals surface area contributed by atoms with Gasteiger partial charge in [0.2, 0.25) is 5.43 Å². The SMILES string of the molecule is O=C(N/N=C\c1coc2c(Cl)cc(Cl)cc2c1=O)c1cc(Br)c(O)c(Br)c1. The Hall–Kier alpha value is -1.87. The second-order valence-electron chi connectivity index (χ2n) is 5.27. The van der Waals surface area contributed by atoms with Crippen molar-refractivity contribution in [2.24, 2.45) is 5.10 Å². The molecule has 1 aromatic heterocycles. The Balaban J connectivity index is 1.85. The Kier molecular flexibility index (Phi) is 5.90. The summed E-state index contributed by atoms with van der Waals surface area (Å²) in [5.41, 5.74) is 2.46. The quantitative estimate of drug-likeness (QED) is 0.361. The number of benzene rings is 2. The van der Waals surface area contributed by atoms with Crippen molar-refractivity contribution in [1.29, 1.82) is 0 Å². The summed E-state index contributed by atoms with van der Waals surface area (Å²) in [6.45, 7) is 0.